The Bertz CT molecular complexity index is 396. The van der Waals surface area contributed by atoms with Gasteiger partial charge in [-0.3, -0.25) is 4.79 Å². The van der Waals surface area contributed by atoms with Crippen LogP contribution in [0.4, 0.5) is 5.69 Å². The molecule has 1 aromatic rings. The molecule has 94 valence electrons. The summed E-state index contributed by atoms with van der Waals surface area (Å²) in [4.78, 5) is 13.7. The second-order valence-electron chi connectivity index (χ2n) is 3.80. The first-order chi connectivity index (χ1) is 8.06. The smallest absolute Gasteiger partial charge is 0.255 e. The average Bonchev–Trinajstić information content (AvgIpc) is 2.28. The van der Waals surface area contributed by atoms with E-state index >= 15 is 0 Å². The number of nitrogen functional groups attached to an aromatic ring is 1. The van der Waals surface area contributed by atoms with E-state index in [-0.39, 0.29) is 5.91 Å². The maximum atomic E-state index is 12.0. The molecule has 0 saturated heterocycles. The van der Waals surface area contributed by atoms with Gasteiger partial charge in [0.25, 0.3) is 5.91 Å². The lowest BCUT2D eigenvalue weighted by Gasteiger charge is -2.18. The van der Waals surface area contributed by atoms with Crippen molar-refractivity contribution in [1.82, 2.24) is 4.90 Å². The van der Waals surface area contributed by atoms with E-state index in [2.05, 4.69) is 0 Å². The minimum absolute atomic E-state index is 0.102. The molecule has 4 nitrogen and oxygen atoms in total. The van der Waals surface area contributed by atoms with Crippen molar-refractivity contribution in [1.29, 1.82) is 0 Å². The molecule has 17 heavy (non-hydrogen) atoms. The topological polar surface area (TPSA) is 55.6 Å². The zero-order valence-corrected chi connectivity index (χ0v) is 10.8. The predicted octanol–water partition coefficient (Wildman–Crippen LogP) is 2.03. The second-order valence-corrected chi connectivity index (χ2v) is 4.24. The van der Waals surface area contributed by atoms with Crippen LogP contribution < -0.4 is 5.73 Å². The number of carbonyl (C=O) groups is 1. The van der Waals surface area contributed by atoms with Gasteiger partial charge in [0.1, 0.15) is 0 Å². The molecular weight excluding hydrogens is 240 g/mol. The van der Waals surface area contributed by atoms with Gasteiger partial charge in [-0.2, -0.15) is 0 Å². The molecule has 0 aliphatic rings. The van der Waals surface area contributed by atoms with E-state index in [4.69, 9.17) is 22.1 Å². The van der Waals surface area contributed by atoms with Crippen molar-refractivity contribution in [2.75, 3.05) is 33.0 Å². The van der Waals surface area contributed by atoms with Crippen LogP contribution in [-0.2, 0) is 4.74 Å². The Balaban J connectivity index is 2.68. The van der Waals surface area contributed by atoms with Crippen LogP contribution in [0.15, 0.2) is 18.2 Å². The number of nitrogens with two attached hydrogens (primary N) is 1. The SMILES string of the molecule is COCCCN(C)C(=O)c1ccc(Cl)cc1N. The van der Waals surface area contributed by atoms with E-state index in [9.17, 15) is 4.79 Å². The van der Waals surface area contributed by atoms with Crippen LogP contribution in [0.1, 0.15) is 16.8 Å². The first-order valence-electron chi connectivity index (χ1n) is 5.35. The molecule has 0 aromatic heterocycles. The Morgan fingerprint density at radius 2 is 2.24 bits per heavy atom. The van der Waals surface area contributed by atoms with Gasteiger partial charge in [0, 0.05) is 38.0 Å². The minimum Gasteiger partial charge on any atom is -0.398 e. The third-order valence-corrected chi connectivity index (χ3v) is 2.67. The molecule has 0 saturated carbocycles. The monoisotopic (exact) mass is 256 g/mol. The number of ether oxygens (including phenoxy) is 1. The Morgan fingerprint density at radius 3 is 2.82 bits per heavy atom. The van der Waals surface area contributed by atoms with E-state index in [1.807, 2.05) is 0 Å². The highest BCUT2D eigenvalue weighted by molar-refractivity contribution is 6.31. The molecule has 0 bridgehead atoms. The number of methoxy groups -OCH3 is 1. The van der Waals surface area contributed by atoms with Gasteiger partial charge in [-0.1, -0.05) is 11.6 Å². The molecule has 1 rings (SSSR count). The van der Waals surface area contributed by atoms with Crippen molar-refractivity contribution in [2.24, 2.45) is 0 Å². The molecule has 0 spiro atoms. The number of rotatable bonds is 5. The molecule has 1 aromatic carbocycles. The third kappa shape index (κ3) is 3.91. The highest BCUT2D eigenvalue weighted by Gasteiger charge is 2.14. The number of hydrogen-bond acceptors (Lipinski definition) is 3. The normalized spacial score (nSPS) is 10.3. The summed E-state index contributed by atoms with van der Waals surface area (Å²) in [5.41, 5.74) is 6.64. The lowest BCUT2D eigenvalue weighted by Crippen LogP contribution is -2.29. The Kier molecular flexibility index (Phi) is 5.25. The molecule has 0 aliphatic heterocycles. The molecule has 2 N–H and O–H groups in total. The second kappa shape index (κ2) is 6.47. The molecule has 0 unspecified atom stereocenters. The maximum Gasteiger partial charge on any atom is 0.255 e. The van der Waals surface area contributed by atoms with E-state index < -0.39 is 0 Å². The summed E-state index contributed by atoms with van der Waals surface area (Å²) < 4.78 is 4.94. The van der Waals surface area contributed by atoms with Gasteiger partial charge in [-0.15, -0.1) is 0 Å². The van der Waals surface area contributed by atoms with Crippen LogP contribution in [0, 0.1) is 0 Å². The summed E-state index contributed by atoms with van der Waals surface area (Å²) in [7, 11) is 3.38. The largest absolute Gasteiger partial charge is 0.398 e. The zero-order chi connectivity index (χ0) is 12.8. The van der Waals surface area contributed by atoms with Gasteiger partial charge in [0.05, 0.1) is 5.56 Å². The van der Waals surface area contributed by atoms with Gasteiger partial charge in [-0.25, -0.2) is 0 Å². The molecule has 1 amide bonds. The summed E-state index contributed by atoms with van der Waals surface area (Å²) in [5, 5.41) is 0.529. The molecule has 0 aliphatic carbocycles. The van der Waals surface area contributed by atoms with Crippen LogP contribution in [0.3, 0.4) is 0 Å². The van der Waals surface area contributed by atoms with E-state index in [0.29, 0.717) is 29.4 Å². The average molecular weight is 257 g/mol. The molecular formula is C12H17ClN2O2. The quantitative estimate of drug-likeness (QED) is 0.648. The maximum absolute atomic E-state index is 12.0. The molecule has 0 atom stereocenters. The minimum atomic E-state index is -0.102. The van der Waals surface area contributed by atoms with E-state index in [1.165, 1.54) is 0 Å². The van der Waals surface area contributed by atoms with Gasteiger partial charge in [0.2, 0.25) is 0 Å². The van der Waals surface area contributed by atoms with Gasteiger partial charge >= 0.3 is 0 Å². The van der Waals surface area contributed by atoms with Crippen molar-refractivity contribution in [3.05, 3.63) is 28.8 Å². The predicted molar refractivity (Wildman–Crippen MR) is 69.3 cm³/mol. The van der Waals surface area contributed by atoms with Crippen molar-refractivity contribution < 1.29 is 9.53 Å². The standard InChI is InChI=1S/C12H17ClN2O2/c1-15(6-3-7-17-2)12(16)10-5-4-9(13)8-11(10)14/h4-5,8H,3,6-7,14H2,1-2H3. The lowest BCUT2D eigenvalue weighted by atomic mass is 10.1. The molecule has 0 fully saturated rings. The number of carbonyl (C=O) groups excluding carboxylic acids is 1. The van der Waals surface area contributed by atoms with Crippen molar-refractivity contribution in [2.45, 2.75) is 6.42 Å². The number of halogens is 1. The number of nitrogens with zero attached hydrogens (tertiary/aromatic N) is 1. The van der Waals surface area contributed by atoms with Crippen molar-refractivity contribution >= 4 is 23.2 Å². The number of amides is 1. The van der Waals surface area contributed by atoms with E-state index in [1.54, 1.807) is 37.3 Å². The van der Waals surface area contributed by atoms with Crippen LogP contribution in [0.2, 0.25) is 5.02 Å². The first-order valence-corrected chi connectivity index (χ1v) is 5.73. The summed E-state index contributed by atoms with van der Waals surface area (Å²) in [5.74, 6) is -0.102. The van der Waals surface area contributed by atoms with Gasteiger partial charge < -0.3 is 15.4 Å². The third-order valence-electron chi connectivity index (χ3n) is 2.43. The Labute approximate surface area is 106 Å². The van der Waals surface area contributed by atoms with Crippen LogP contribution in [0.25, 0.3) is 0 Å². The Morgan fingerprint density at radius 1 is 1.53 bits per heavy atom. The fourth-order valence-electron chi connectivity index (χ4n) is 1.48. The van der Waals surface area contributed by atoms with Crippen LogP contribution in [-0.4, -0.2) is 38.1 Å². The lowest BCUT2D eigenvalue weighted by molar-refractivity contribution is 0.0780. The highest BCUT2D eigenvalue weighted by Crippen LogP contribution is 2.19. The summed E-state index contributed by atoms with van der Waals surface area (Å²) in [6, 6.07) is 4.89. The fourth-order valence-corrected chi connectivity index (χ4v) is 1.66. The summed E-state index contributed by atoms with van der Waals surface area (Å²) in [6.07, 6.45) is 0.798. The number of benzene rings is 1. The van der Waals surface area contributed by atoms with Crippen LogP contribution in [0.5, 0.6) is 0 Å². The summed E-state index contributed by atoms with van der Waals surface area (Å²) in [6.45, 7) is 1.27. The number of anilines is 1. The van der Waals surface area contributed by atoms with Crippen molar-refractivity contribution in [3.63, 3.8) is 0 Å². The van der Waals surface area contributed by atoms with Crippen molar-refractivity contribution in [3.8, 4) is 0 Å². The number of hydrogen-bond donors (Lipinski definition) is 1. The first kappa shape index (κ1) is 13.8. The van der Waals surface area contributed by atoms with Gasteiger partial charge in [-0.05, 0) is 24.6 Å². The molecule has 5 heteroatoms. The Hall–Kier alpha value is -1.26. The fraction of sp³-hybridized carbons (Fsp3) is 0.417. The van der Waals surface area contributed by atoms with Crippen LogP contribution >= 0.6 is 11.6 Å². The summed E-state index contributed by atoms with van der Waals surface area (Å²) >= 11 is 5.78. The van der Waals surface area contributed by atoms with E-state index in [0.717, 1.165) is 6.42 Å². The highest BCUT2D eigenvalue weighted by atomic mass is 35.5. The molecule has 0 radical (unpaired) electrons. The zero-order valence-electron chi connectivity index (χ0n) is 10.1. The molecule has 0 heterocycles. The van der Waals surface area contributed by atoms with Gasteiger partial charge in [0.15, 0.2) is 0 Å².